The summed E-state index contributed by atoms with van der Waals surface area (Å²) in [6.07, 6.45) is 6.01. The number of anilines is 1. The Bertz CT molecular complexity index is 1090. The second kappa shape index (κ2) is 9.91. The van der Waals surface area contributed by atoms with Crippen LogP contribution in [-0.2, 0) is 28.9 Å². The van der Waals surface area contributed by atoms with Gasteiger partial charge in [-0.2, -0.15) is 0 Å². The van der Waals surface area contributed by atoms with Crippen LogP contribution < -0.4 is 5.32 Å². The van der Waals surface area contributed by atoms with E-state index in [9.17, 15) is 9.59 Å². The van der Waals surface area contributed by atoms with Crippen molar-refractivity contribution in [2.45, 2.75) is 57.0 Å². The fourth-order valence-corrected chi connectivity index (χ4v) is 5.92. The fourth-order valence-electron chi connectivity index (χ4n) is 3.70. The molecule has 0 bridgehead atoms. The molecule has 1 aliphatic rings. The number of hydrogen-bond donors (Lipinski definition) is 1. The molecular formula is C22H26N4O4S2. The molecule has 0 saturated carbocycles. The molecule has 8 nitrogen and oxygen atoms in total. The molecule has 3 aromatic heterocycles. The van der Waals surface area contributed by atoms with Gasteiger partial charge in [0.15, 0.2) is 5.16 Å². The average molecular weight is 475 g/mol. The van der Waals surface area contributed by atoms with Gasteiger partial charge in [-0.05, 0) is 56.7 Å². The van der Waals surface area contributed by atoms with Crippen molar-refractivity contribution >= 4 is 40.0 Å². The number of esters is 1. The van der Waals surface area contributed by atoms with Crippen molar-refractivity contribution in [2.24, 2.45) is 5.92 Å². The van der Waals surface area contributed by atoms with Crippen LogP contribution in [-0.4, -0.2) is 38.5 Å². The summed E-state index contributed by atoms with van der Waals surface area (Å²) in [5.41, 5.74) is 1.55. The highest BCUT2D eigenvalue weighted by Gasteiger charge is 2.30. The number of thiophene rings is 1. The number of nitrogens with one attached hydrogen (secondary N) is 1. The Morgan fingerprint density at radius 2 is 2.31 bits per heavy atom. The number of furan rings is 1. The monoisotopic (exact) mass is 474 g/mol. The van der Waals surface area contributed by atoms with Gasteiger partial charge in [0.2, 0.25) is 5.91 Å². The normalized spacial score (nSPS) is 16.4. The molecule has 1 N–H and O–H groups in total. The van der Waals surface area contributed by atoms with E-state index in [0.717, 1.165) is 30.6 Å². The Morgan fingerprint density at radius 3 is 3.06 bits per heavy atom. The molecule has 10 heteroatoms. The summed E-state index contributed by atoms with van der Waals surface area (Å²) >= 11 is 2.80. The predicted molar refractivity (Wildman–Crippen MR) is 123 cm³/mol. The van der Waals surface area contributed by atoms with E-state index in [0.29, 0.717) is 34.8 Å². The molecule has 170 valence electrons. The van der Waals surface area contributed by atoms with Crippen LogP contribution in [0.15, 0.2) is 34.3 Å². The summed E-state index contributed by atoms with van der Waals surface area (Å²) in [5.74, 6) is 0.782. The van der Waals surface area contributed by atoms with Gasteiger partial charge in [-0.1, -0.05) is 18.7 Å². The van der Waals surface area contributed by atoms with Crippen LogP contribution in [0, 0.1) is 5.92 Å². The molecule has 32 heavy (non-hydrogen) atoms. The zero-order valence-corrected chi connectivity index (χ0v) is 19.9. The molecule has 0 saturated heterocycles. The van der Waals surface area contributed by atoms with Gasteiger partial charge in [-0.25, -0.2) is 4.79 Å². The Balaban J connectivity index is 1.49. The van der Waals surface area contributed by atoms with E-state index in [4.69, 9.17) is 9.15 Å². The summed E-state index contributed by atoms with van der Waals surface area (Å²) in [6.45, 7) is 6.59. The number of fused-ring (bicyclic) bond motifs is 1. The van der Waals surface area contributed by atoms with Crippen LogP contribution >= 0.6 is 23.1 Å². The first kappa shape index (κ1) is 22.6. The minimum Gasteiger partial charge on any atom is -0.467 e. The van der Waals surface area contributed by atoms with Gasteiger partial charge in [0.1, 0.15) is 17.1 Å². The number of rotatable bonds is 8. The van der Waals surface area contributed by atoms with Crippen LogP contribution in [0.3, 0.4) is 0 Å². The number of nitrogens with zero attached hydrogens (tertiary/aromatic N) is 3. The van der Waals surface area contributed by atoms with Crippen LogP contribution in [0.4, 0.5) is 5.00 Å². The van der Waals surface area contributed by atoms with Gasteiger partial charge in [-0.3, -0.25) is 4.79 Å². The average Bonchev–Trinajstić information content (AvgIpc) is 3.49. The second-order valence-electron chi connectivity index (χ2n) is 7.85. The van der Waals surface area contributed by atoms with E-state index in [1.54, 1.807) is 19.5 Å². The lowest BCUT2D eigenvalue weighted by molar-refractivity contribution is -0.115. The topological polar surface area (TPSA) is 99.2 Å². The zero-order chi connectivity index (χ0) is 22.7. The first-order chi connectivity index (χ1) is 15.5. The van der Waals surface area contributed by atoms with Crippen molar-refractivity contribution in [1.82, 2.24) is 14.8 Å². The smallest absolute Gasteiger partial charge is 0.341 e. The van der Waals surface area contributed by atoms with Gasteiger partial charge in [-0.15, -0.1) is 21.5 Å². The molecule has 0 unspecified atom stereocenters. The quantitative estimate of drug-likeness (QED) is 0.381. The Kier molecular flexibility index (Phi) is 7.00. The summed E-state index contributed by atoms with van der Waals surface area (Å²) in [7, 11) is 0. The highest BCUT2D eigenvalue weighted by molar-refractivity contribution is 8.00. The van der Waals surface area contributed by atoms with E-state index in [1.807, 2.05) is 23.6 Å². The Morgan fingerprint density at radius 1 is 1.47 bits per heavy atom. The maximum absolute atomic E-state index is 13.0. The fraction of sp³-hybridized carbons (Fsp3) is 0.455. The largest absolute Gasteiger partial charge is 0.467 e. The molecule has 0 aromatic carbocycles. The number of carbonyl (C=O) groups is 2. The lowest BCUT2D eigenvalue weighted by atomic mass is 9.88. The van der Waals surface area contributed by atoms with Crippen molar-refractivity contribution in [3.05, 3.63) is 46.5 Å². The molecule has 4 rings (SSSR count). The van der Waals surface area contributed by atoms with E-state index >= 15 is 0 Å². The van der Waals surface area contributed by atoms with Crippen molar-refractivity contribution in [3.8, 4) is 0 Å². The molecule has 3 aromatic rings. The zero-order valence-electron chi connectivity index (χ0n) is 18.3. The second-order valence-corrected chi connectivity index (χ2v) is 10.3. The minimum absolute atomic E-state index is 0.195. The summed E-state index contributed by atoms with van der Waals surface area (Å²) in [6, 6.07) is 3.70. The summed E-state index contributed by atoms with van der Waals surface area (Å²) < 4.78 is 12.5. The van der Waals surface area contributed by atoms with Crippen molar-refractivity contribution in [1.29, 1.82) is 0 Å². The lowest BCUT2D eigenvalue weighted by Gasteiger charge is -2.18. The SMILES string of the molecule is CCOC(=O)c1c(NC(=O)[C@H](C)Sc2nncn2Cc2ccco2)sc2c1CC[C@H](C)C2. The first-order valence-corrected chi connectivity index (χ1v) is 12.3. The summed E-state index contributed by atoms with van der Waals surface area (Å²) in [4.78, 5) is 26.9. The van der Waals surface area contributed by atoms with Crippen molar-refractivity contribution in [2.75, 3.05) is 11.9 Å². The third-order valence-electron chi connectivity index (χ3n) is 5.37. The molecule has 0 radical (unpaired) electrons. The number of amides is 1. The third kappa shape index (κ3) is 4.91. The molecule has 0 spiro atoms. The lowest BCUT2D eigenvalue weighted by Crippen LogP contribution is -2.24. The van der Waals surface area contributed by atoms with Crippen molar-refractivity contribution in [3.63, 3.8) is 0 Å². The Labute approximate surface area is 194 Å². The predicted octanol–water partition coefficient (Wildman–Crippen LogP) is 4.40. The first-order valence-electron chi connectivity index (χ1n) is 10.7. The minimum atomic E-state index is -0.442. The van der Waals surface area contributed by atoms with Gasteiger partial charge in [0.05, 0.1) is 30.2 Å². The summed E-state index contributed by atoms with van der Waals surface area (Å²) in [5, 5.41) is 11.8. The maximum atomic E-state index is 13.0. The van der Waals surface area contributed by atoms with E-state index in [1.165, 1.54) is 28.0 Å². The van der Waals surface area contributed by atoms with Crippen LogP contribution in [0.1, 0.15) is 53.8 Å². The van der Waals surface area contributed by atoms with E-state index in [2.05, 4.69) is 22.4 Å². The molecule has 0 aliphatic heterocycles. The molecular weight excluding hydrogens is 448 g/mol. The maximum Gasteiger partial charge on any atom is 0.341 e. The molecule has 1 aliphatic carbocycles. The molecule has 0 fully saturated rings. The van der Waals surface area contributed by atoms with Crippen LogP contribution in [0.25, 0.3) is 0 Å². The van der Waals surface area contributed by atoms with Crippen LogP contribution in [0.5, 0.6) is 0 Å². The molecule has 1 amide bonds. The number of carbonyl (C=O) groups excluding carboxylic acids is 2. The van der Waals surface area contributed by atoms with Gasteiger partial charge >= 0.3 is 5.97 Å². The number of aromatic nitrogens is 3. The highest BCUT2D eigenvalue weighted by Crippen LogP contribution is 2.40. The van der Waals surface area contributed by atoms with E-state index < -0.39 is 5.25 Å². The Hall–Kier alpha value is -2.59. The van der Waals surface area contributed by atoms with E-state index in [-0.39, 0.29) is 11.9 Å². The van der Waals surface area contributed by atoms with Crippen LogP contribution in [0.2, 0.25) is 0 Å². The number of thioether (sulfide) groups is 1. The highest BCUT2D eigenvalue weighted by atomic mass is 32.2. The standard InChI is InChI=1S/C22H26N4O4S2/c1-4-29-21(28)18-16-8-7-13(2)10-17(16)32-20(18)24-19(27)14(3)31-22-25-23-12-26(22)11-15-6-5-9-30-15/h5-6,9,12-14H,4,7-8,10-11H2,1-3H3,(H,24,27)/t13-,14-/m0/s1. The number of hydrogen-bond acceptors (Lipinski definition) is 8. The van der Waals surface area contributed by atoms with Gasteiger partial charge in [0.25, 0.3) is 0 Å². The molecule has 3 heterocycles. The van der Waals surface area contributed by atoms with Gasteiger partial charge < -0.3 is 19.0 Å². The molecule has 2 atom stereocenters. The number of ether oxygens (including phenoxy) is 1. The van der Waals surface area contributed by atoms with Crippen molar-refractivity contribution < 1.29 is 18.7 Å². The third-order valence-corrected chi connectivity index (χ3v) is 7.63. The van der Waals surface area contributed by atoms with Gasteiger partial charge in [0, 0.05) is 4.88 Å².